The molecule has 1 aliphatic heterocycles. The molecule has 1 saturated heterocycles. The number of benzene rings is 1. The van der Waals surface area contributed by atoms with Crippen molar-refractivity contribution in [1.29, 1.82) is 0 Å². The summed E-state index contributed by atoms with van der Waals surface area (Å²) in [7, 11) is -3.57. The van der Waals surface area contributed by atoms with Crippen LogP contribution in [0.1, 0.15) is 32.6 Å². The van der Waals surface area contributed by atoms with Crippen LogP contribution < -0.4 is 4.90 Å². The lowest BCUT2D eigenvalue weighted by Gasteiger charge is -2.38. The van der Waals surface area contributed by atoms with Gasteiger partial charge >= 0.3 is 0 Å². The average molecular weight is 368 g/mol. The number of piperazine rings is 1. The fourth-order valence-electron chi connectivity index (χ4n) is 4.12. The normalized spacial score (nSPS) is 26.4. The van der Waals surface area contributed by atoms with Crippen LogP contribution in [0.15, 0.2) is 29.2 Å². The van der Waals surface area contributed by atoms with E-state index >= 15 is 0 Å². The average Bonchev–Trinajstić information content (AvgIpc) is 2.62. The van der Waals surface area contributed by atoms with Gasteiger partial charge in [-0.25, -0.2) is 8.42 Å². The molecule has 1 saturated carbocycles. The molecule has 1 aromatic rings. The summed E-state index contributed by atoms with van der Waals surface area (Å²) in [5.74, 6) is 0.771. The smallest absolute Gasteiger partial charge is 0.269 e. The van der Waals surface area contributed by atoms with Gasteiger partial charge in [0, 0.05) is 18.6 Å². The Morgan fingerprint density at radius 1 is 1.16 bits per heavy atom. The maximum Gasteiger partial charge on any atom is 0.269 e. The molecule has 0 spiro atoms. The summed E-state index contributed by atoms with van der Waals surface area (Å²) in [5.41, 5.74) is -0.0976. The maximum atomic E-state index is 12.8. The monoisotopic (exact) mass is 368 g/mol. The van der Waals surface area contributed by atoms with Crippen LogP contribution in [0, 0.1) is 16.0 Å². The Labute approximate surface area is 148 Å². The third-order valence-electron chi connectivity index (χ3n) is 5.56. The van der Waals surface area contributed by atoms with Gasteiger partial charge in [0.25, 0.3) is 5.69 Å². The summed E-state index contributed by atoms with van der Waals surface area (Å²) in [6.45, 7) is 5.01. The van der Waals surface area contributed by atoms with Gasteiger partial charge in [-0.1, -0.05) is 13.3 Å². The third kappa shape index (κ3) is 4.02. The van der Waals surface area contributed by atoms with Gasteiger partial charge in [0.15, 0.2) is 0 Å². The lowest BCUT2D eigenvalue weighted by Crippen LogP contribution is -3.18. The molecule has 0 aromatic heterocycles. The van der Waals surface area contributed by atoms with E-state index in [0.717, 1.165) is 19.0 Å². The number of quaternary nitrogens is 1. The minimum Gasteiger partial charge on any atom is -0.330 e. The lowest BCUT2D eigenvalue weighted by atomic mass is 9.86. The predicted molar refractivity (Wildman–Crippen MR) is 94.0 cm³/mol. The number of nitro groups is 1. The van der Waals surface area contributed by atoms with E-state index in [1.54, 1.807) is 0 Å². The van der Waals surface area contributed by atoms with Gasteiger partial charge in [0.05, 0.1) is 42.0 Å². The third-order valence-corrected chi connectivity index (χ3v) is 7.48. The van der Waals surface area contributed by atoms with E-state index in [4.69, 9.17) is 0 Å². The zero-order chi connectivity index (χ0) is 18.0. The van der Waals surface area contributed by atoms with Crippen molar-refractivity contribution in [3.05, 3.63) is 34.4 Å². The summed E-state index contributed by atoms with van der Waals surface area (Å²) < 4.78 is 27.0. The molecule has 0 bridgehead atoms. The van der Waals surface area contributed by atoms with Crippen LogP contribution >= 0.6 is 0 Å². The predicted octanol–water partition coefficient (Wildman–Crippen LogP) is 1.06. The Balaban J connectivity index is 1.64. The second-order valence-corrected chi connectivity index (χ2v) is 9.22. The molecule has 0 unspecified atom stereocenters. The number of hydrogen-bond donors (Lipinski definition) is 1. The zero-order valence-corrected chi connectivity index (χ0v) is 15.4. The highest BCUT2D eigenvalue weighted by atomic mass is 32.2. The van der Waals surface area contributed by atoms with E-state index < -0.39 is 14.9 Å². The van der Waals surface area contributed by atoms with Crippen molar-refractivity contribution in [2.24, 2.45) is 5.92 Å². The second-order valence-electron chi connectivity index (χ2n) is 7.28. The van der Waals surface area contributed by atoms with Crippen LogP contribution in [0.5, 0.6) is 0 Å². The number of nitrogens with zero attached hydrogens (tertiary/aromatic N) is 2. The number of non-ortho nitro benzene ring substituents is 1. The molecule has 2 aliphatic rings. The van der Waals surface area contributed by atoms with Crippen LogP contribution in [-0.4, -0.2) is 49.9 Å². The largest absolute Gasteiger partial charge is 0.330 e. The van der Waals surface area contributed by atoms with Crippen molar-refractivity contribution in [2.45, 2.75) is 43.5 Å². The molecule has 0 amide bonds. The van der Waals surface area contributed by atoms with Crippen LogP contribution in [-0.2, 0) is 10.0 Å². The Bertz CT molecular complexity index is 712. The number of sulfonamides is 1. The van der Waals surface area contributed by atoms with E-state index in [2.05, 4.69) is 6.92 Å². The summed E-state index contributed by atoms with van der Waals surface area (Å²) in [6, 6.07) is 5.81. The van der Waals surface area contributed by atoms with Crippen molar-refractivity contribution in [3.63, 3.8) is 0 Å². The standard InChI is InChI=1S/C17H25N3O4S/c1-14-3-2-4-16(13-14)18-9-11-19(12-10-18)25(23,24)17-7-5-15(6-8-17)20(21)22/h5-8,14,16H,2-4,9-13H2,1H3/p+1/t14-,16+/m0/s1. The first-order valence-electron chi connectivity index (χ1n) is 8.97. The minimum atomic E-state index is -3.57. The minimum absolute atomic E-state index is 0.0976. The number of nitrogens with one attached hydrogen (secondary N) is 1. The van der Waals surface area contributed by atoms with E-state index in [-0.39, 0.29) is 10.6 Å². The highest BCUT2D eigenvalue weighted by Crippen LogP contribution is 2.23. The number of nitro benzene ring substituents is 1. The molecule has 7 nitrogen and oxygen atoms in total. The molecule has 2 atom stereocenters. The maximum absolute atomic E-state index is 12.8. The first-order valence-corrected chi connectivity index (χ1v) is 10.4. The molecule has 25 heavy (non-hydrogen) atoms. The highest BCUT2D eigenvalue weighted by Gasteiger charge is 2.35. The fraction of sp³-hybridized carbons (Fsp3) is 0.647. The van der Waals surface area contributed by atoms with Crippen LogP contribution in [0.2, 0.25) is 0 Å². The topological polar surface area (TPSA) is 85.0 Å². The molecule has 1 N–H and O–H groups in total. The molecular weight excluding hydrogens is 342 g/mol. The van der Waals surface area contributed by atoms with Crippen molar-refractivity contribution < 1.29 is 18.2 Å². The quantitative estimate of drug-likeness (QED) is 0.636. The van der Waals surface area contributed by atoms with Gasteiger partial charge in [-0.3, -0.25) is 10.1 Å². The summed E-state index contributed by atoms with van der Waals surface area (Å²) >= 11 is 0. The van der Waals surface area contributed by atoms with Gasteiger partial charge in [0.1, 0.15) is 0 Å². The molecule has 1 aromatic carbocycles. The van der Waals surface area contributed by atoms with Crippen LogP contribution in [0.25, 0.3) is 0 Å². The van der Waals surface area contributed by atoms with Gasteiger partial charge < -0.3 is 4.90 Å². The van der Waals surface area contributed by atoms with Crippen molar-refractivity contribution in [1.82, 2.24) is 4.31 Å². The Hall–Kier alpha value is -1.51. The zero-order valence-electron chi connectivity index (χ0n) is 14.6. The van der Waals surface area contributed by atoms with Gasteiger partial charge in [0.2, 0.25) is 10.0 Å². The second kappa shape index (κ2) is 7.39. The fourth-order valence-corrected chi connectivity index (χ4v) is 5.56. The van der Waals surface area contributed by atoms with Crippen molar-refractivity contribution >= 4 is 15.7 Å². The molecule has 1 aliphatic carbocycles. The molecule has 138 valence electrons. The summed E-state index contributed by atoms with van der Waals surface area (Å²) in [4.78, 5) is 11.9. The van der Waals surface area contributed by atoms with Crippen molar-refractivity contribution in [3.8, 4) is 0 Å². The Morgan fingerprint density at radius 2 is 1.80 bits per heavy atom. The first kappa shape index (κ1) is 18.3. The van der Waals surface area contributed by atoms with E-state index in [1.165, 1.54) is 59.2 Å². The first-order chi connectivity index (χ1) is 11.9. The summed E-state index contributed by atoms with van der Waals surface area (Å²) in [6.07, 6.45) is 5.07. The Morgan fingerprint density at radius 3 is 2.36 bits per heavy atom. The van der Waals surface area contributed by atoms with Crippen LogP contribution in [0.4, 0.5) is 5.69 Å². The molecule has 2 fully saturated rings. The SMILES string of the molecule is C[C@H]1CCC[C@@H]([NH+]2CCN(S(=O)(=O)c3ccc([N+](=O)[O-])cc3)CC2)C1. The molecule has 3 rings (SSSR count). The molecule has 8 heteroatoms. The molecule has 0 radical (unpaired) electrons. The summed E-state index contributed by atoms with van der Waals surface area (Å²) in [5, 5.41) is 10.7. The Kier molecular flexibility index (Phi) is 5.41. The van der Waals surface area contributed by atoms with Gasteiger partial charge in [-0.05, 0) is 30.9 Å². The number of hydrogen-bond acceptors (Lipinski definition) is 4. The number of rotatable bonds is 4. The molecular formula is C17H26N3O4S+. The van der Waals surface area contributed by atoms with Crippen LogP contribution in [0.3, 0.4) is 0 Å². The van der Waals surface area contributed by atoms with Gasteiger partial charge in [-0.15, -0.1) is 0 Å². The molecule has 1 heterocycles. The van der Waals surface area contributed by atoms with Gasteiger partial charge in [-0.2, -0.15) is 4.31 Å². The van der Waals surface area contributed by atoms with E-state index in [1.807, 2.05) is 0 Å². The highest BCUT2D eigenvalue weighted by molar-refractivity contribution is 7.89. The van der Waals surface area contributed by atoms with Crippen molar-refractivity contribution in [2.75, 3.05) is 26.2 Å². The van der Waals surface area contributed by atoms with E-state index in [9.17, 15) is 18.5 Å². The lowest BCUT2D eigenvalue weighted by molar-refractivity contribution is -0.930. The van der Waals surface area contributed by atoms with E-state index in [0.29, 0.717) is 19.1 Å².